The number of ether oxygens (including phenoxy) is 3. The van der Waals surface area contributed by atoms with Gasteiger partial charge in [-0.15, -0.1) is 0 Å². The van der Waals surface area contributed by atoms with E-state index in [0.717, 1.165) is 64.2 Å². The van der Waals surface area contributed by atoms with Crippen LogP contribution in [0.25, 0.3) is 0 Å². The maximum atomic E-state index is 12.7. The molecule has 0 aliphatic heterocycles. The zero-order valence-corrected chi connectivity index (χ0v) is 39.1. The Morgan fingerprint density at radius 2 is 0.656 bits per heavy atom. The van der Waals surface area contributed by atoms with E-state index in [1.807, 2.05) is 91.1 Å². The lowest BCUT2D eigenvalue weighted by molar-refractivity contribution is -0.167. The summed E-state index contributed by atoms with van der Waals surface area (Å²) in [6, 6.07) is 0. The number of rotatable bonds is 42. The molecule has 0 radical (unpaired) electrons. The lowest BCUT2D eigenvalue weighted by Gasteiger charge is -2.18. The number of esters is 3. The van der Waals surface area contributed by atoms with E-state index in [1.165, 1.54) is 89.9 Å². The molecule has 0 saturated carbocycles. The lowest BCUT2D eigenvalue weighted by atomic mass is 10.0. The second kappa shape index (κ2) is 48.7. The number of allylic oxidation sites excluding steroid dienone is 18. The minimum Gasteiger partial charge on any atom is -0.462 e. The van der Waals surface area contributed by atoms with Crippen LogP contribution in [-0.2, 0) is 28.6 Å². The summed E-state index contributed by atoms with van der Waals surface area (Å²) < 4.78 is 16.7. The number of carbonyl (C=O) groups excluding carboxylic acids is 3. The van der Waals surface area contributed by atoms with Gasteiger partial charge in [-0.3, -0.25) is 14.4 Å². The zero-order chi connectivity index (χ0) is 44.4. The van der Waals surface area contributed by atoms with Crippen molar-refractivity contribution >= 4 is 17.9 Å². The van der Waals surface area contributed by atoms with Crippen LogP contribution in [0.15, 0.2) is 109 Å². The molecular weight excluding hydrogens is 757 g/mol. The minimum absolute atomic E-state index is 0.120. The molecule has 0 amide bonds. The predicted octanol–water partition coefficient (Wildman–Crippen LogP) is 16.0. The third-order valence-electron chi connectivity index (χ3n) is 10.00. The summed E-state index contributed by atoms with van der Waals surface area (Å²) in [4.78, 5) is 37.8. The monoisotopic (exact) mass is 845 g/mol. The van der Waals surface area contributed by atoms with Gasteiger partial charge in [0.15, 0.2) is 6.10 Å². The van der Waals surface area contributed by atoms with E-state index in [0.29, 0.717) is 19.3 Å². The molecule has 0 aliphatic carbocycles. The molecule has 344 valence electrons. The maximum Gasteiger partial charge on any atom is 0.306 e. The van der Waals surface area contributed by atoms with E-state index < -0.39 is 12.1 Å². The van der Waals surface area contributed by atoms with Crippen molar-refractivity contribution in [3.63, 3.8) is 0 Å². The fraction of sp³-hybridized carbons (Fsp3) is 0.618. The van der Waals surface area contributed by atoms with E-state index in [9.17, 15) is 14.4 Å². The Balaban J connectivity index is 4.51. The van der Waals surface area contributed by atoms with Gasteiger partial charge in [-0.2, -0.15) is 0 Å². The van der Waals surface area contributed by atoms with Crippen molar-refractivity contribution in [3.8, 4) is 0 Å². The number of unbranched alkanes of at least 4 members (excludes halogenated alkanes) is 20. The van der Waals surface area contributed by atoms with Crippen molar-refractivity contribution in [1.82, 2.24) is 0 Å². The van der Waals surface area contributed by atoms with Gasteiger partial charge in [0.2, 0.25) is 0 Å². The topological polar surface area (TPSA) is 78.9 Å². The Kier molecular flexibility index (Phi) is 45.6. The molecule has 0 aliphatic rings. The first-order valence-electron chi connectivity index (χ1n) is 24.5. The molecule has 0 bridgehead atoms. The van der Waals surface area contributed by atoms with Crippen molar-refractivity contribution in [1.29, 1.82) is 0 Å². The molecule has 0 fully saturated rings. The predicted molar refractivity (Wildman–Crippen MR) is 260 cm³/mol. The molecule has 0 N–H and O–H groups in total. The molecule has 0 saturated heterocycles. The first-order chi connectivity index (χ1) is 30.0. The Labute approximate surface area is 374 Å². The smallest absolute Gasteiger partial charge is 0.306 e. The molecule has 6 heteroatoms. The molecule has 1 atom stereocenters. The van der Waals surface area contributed by atoms with Gasteiger partial charge in [-0.1, -0.05) is 239 Å². The van der Waals surface area contributed by atoms with Gasteiger partial charge < -0.3 is 14.2 Å². The van der Waals surface area contributed by atoms with Gasteiger partial charge >= 0.3 is 17.9 Å². The van der Waals surface area contributed by atoms with Crippen molar-refractivity contribution < 1.29 is 28.6 Å². The van der Waals surface area contributed by atoms with Gasteiger partial charge in [-0.25, -0.2) is 0 Å². The average molecular weight is 845 g/mol. The fourth-order valence-electron chi connectivity index (χ4n) is 6.36. The highest BCUT2D eigenvalue weighted by Crippen LogP contribution is 2.15. The normalized spacial score (nSPS) is 13.0. The summed E-state index contributed by atoms with van der Waals surface area (Å²) >= 11 is 0. The van der Waals surface area contributed by atoms with Gasteiger partial charge in [0.25, 0.3) is 0 Å². The van der Waals surface area contributed by atoms with Crippen molar-refractivity contribution in [2.24, 2.45) is 0 Å². The summed E-state index contributed by atoms with van der Waals surface area (Å²) in [5.74, 6) is -1.04. The van der Waals surface area contributed by atoms with Crippen LogP contribution in [0.3, 0.4) is 0 Å². The minimum atomic E-state index is -0.830. The van der Waals surface area contributed by atoms with Crippen molar-refractivity contribution in [2.75, 3.05) is 13.2 Å². The van der Waals surface area contributed by atoms with E-state index in [1.54, 1.807) is 0 Å². The zero-order valence-electron chi connectivity index (χ0n) is 39.1. The standard InChI is InChI=1S/C55H88O6/c1-4-7-10-13-16-19-22-25-26-27-28-31-33-36-39-42-45-48-54(57)60-51-52(61-55(58)49-46-43-40-37-34-30-24-21-18-15-12-9-6-3)50-59-53(56)47-44-41-38-35-32-29-23-20-17-14-11-8-5-2/h8-9,11-12,14-15,17-18,20-21,23-24,29-30,32,34,37,40,52H,4-7,10,13,16,19,22,25-28,31,33,35-36,38-39,41-51H2,1-3H3/b11-8-,12-9-,17-14-,18-15-,23-20-,24-21-,32-29-,34-30-,40-37-. The quantitative estimate of drug-likeness (QED) is 0.0264. The van der Waals surface area contributed by atoms with Crippen LogP contribution in [0.1, 0.15) is 201 Å². The highest BCUT2D eigenvalue weighted by Gasteiger charge is 2.19. The third-order valence-corrected chi connectivity index (χ3v) is 10.00. The Bertz CT molecular complexity index is 1290. The van der Waals surface area contributed by atoms with Crippen LogP contribution < -0.4 is 0 Å². The van der Waals surface area contributed by atoms with E-state index in [4.69, 9.17) is 14.2 Å². The van der Waals surface area contributed by atoms with Crippen LogP contribution in [0.4, 0.5) is 0 Å². The van der Waals surface area contributed by atoms with Crippen LogP contribution in [0.5, 0.6) is 0 Å². The molecule has 0 aromatic heterocycles. The highest BCUT2D eigenvalue weighted by atomic mass is 16.6. The van der Waals surface area contributed by atoms with Crippen LogP contribution >= 0.6 is 0 Å². The van der Waals surface area contributed by atoms with Crippen molar-refractivity contribution in [2.45, 2.75) is 207 Å². The van der Waals surface area contributed by atoms with E-state index >= 15 is 0 Å². The number of hydrogen-bond acceptors (Lipinski definition) is 6. The van der Waals surface area contributed by atoms with Crippen LogP contribution in [0.2, 0.25) is 0 Å². The average Bonchev–Trinajstić information content (AvgIpc) is 3.26. The molecular formula is C55H88O6. The summed E-state index contributed by atoms with van der Waals surface area (Å²) in [6.07, 6.45) is 65.1. The molecule has 0 heterocycles. The number of carbonyl (C=O) groups is 3. The Hall–Kier alpha value is -3.93. The second-order valence-electron chi connectivity index (χ2n) is 15.8. The lowest BCUT2D eigenvalue weighted by Crippen LogP contribution is -2.30. The molecule has 0 aromatic carbocycles. The van der Waals surface area contributed by atoms with Crippen LogP contribution in [-0.4, -0.2) is 37.2 Å². The van der Waals surface area contributed by atoms with Crippen LogP contribution in [0, 0.1) is 0 Å². The third kappa shape index (κ3) is 47.0. The molecule has 1 unspecified atom stereocenters. The van der Waals surface area contributed by atoms with E-state index in [-0.39, 0.29) is 31.6 Å². The first-order valence-corrected chi connectivity index (χ1v) is 24.5. The maximum absolute atomic E-state index is 12.7. The molecule has 61 heavy (non-hydrogen) atoms. The van der Waals surface area contributed by atoms with Gasteiger partial charge in [0, 0.05) is 19.3 Å². The second-order valence-corrected chi connectivity index (χ2v) is 15.8. The Morgan fingerprint density at radius 1 is 0.344 bits per heavy atom. The summed E-state index contributed by atoms with van der Waals surface area (Å²) in [5.41, 5.74) is 0. The Morgan fingerprint density at radius 3 is 1.05 bits per heavy atom. The van der Waals surface area contributed by atoms with Gasteiger partial charge in [0.1, 0.15) is 13.2 Å². The SMILES string of the molecule is CC\C=C/C=C\C=C/C=C\C=C/CCCC(=O)OC(COC(=O)CCCCC\C=C/C=C\C=C/C=C\CC)COC(=O)CCCCCCCCCCCCCCCCCCC. The first kappa shape index (κ1) is 57.1. The molecule has 6 nitrogen and oxygen atoms in total. The fourth-order valence-corrected chi connectivity index (χ4v) is 6.36. The summed E-state index contributed by atoms with van der Waals surface area (Å²) in [7, 11) is 0. The van der Waals surface area contributed by atoms with Gasteiger partial charge in [0.05, 0.1) is 0 Å². The number of hydrogen-bond donors (Lipinski definition) is 0. The molecule has 0 spiro atoms. The van der Waals surface area contributed by atoms with Crippen molar-refractivity contribution in [3.05, 3.63) is 109 Å². The van der Waals surface area contributed by atoms with Gasteiger partial charge in [-0.05, 0) is 51.4 Å². The summed E-state index contributed by atoms with van der Waals surface area (Å²) in [6.45, 7) is 6.24. The molecule has 0 rings (SSSR count). The molecule has 0 aromatic rings. The van der Waals surface area contributed by atoms with E-state index in [2.05, 4.69) is 39.0 Å². The highest BCUT2D eigenvalue weighted by molar-refractivity contribution is 5.71. The summed E-state index contributed by atoms with van der Waals surface area (Å²) in [5, 5.41) is 0. The largest absolute Gasteiger partial charge is 0.462 e.